The van der Waals surface area contributed by atoms with Crippen LogP contribution in [0.5, 0.6) is 5.75 Å². The number of rotatable bonds is 9. The number of benzene rings is 1. The van der Waals surface area contributed by atoms with Crippen LogP contribution in [0.4, 0.5) is 4.79 Å². The molecule has 0 atom stereocenters. The molecule has 0 aliphatic heterocycles. The minimum absolute atomic E-state index is 0.0904. The zero-order valence-electron chi connectivity index (χ0n) is 15.0. The second-order valence-electron chi connectivity index (χ2n) is 6.44. The maximum atomic E-state index is 12.0. The molecule has 0 spiro atoms. The third-order valence-corrected chi connectivity index (χ3v) is 4.58. The van der Waals surface area contributed by atoms with Crippen molar-refractivity contribution in [2.45, 2.75) is 44.6 Å². The number of nitrogens with one attached hydrogen (secondary N) is 1. The Balaban J connectivity index is 1.51. The van der Waals surface area contributed by atoms with Gasteiger partial charge in [-0.05, 0) is 37.5 Å². The van der Waals surface area contributed by atoms with Crippen LogP contribution in [0.3, 0.4) is 0 Å². The summed E-state index contributed by atoms with van der Waals surface area (Å²) in [4.78, 5) is 13.6. The van der Waals surface area contributed by atoms with E-state index in [1.807, 2.05) is 12.1 Å². The van der Waals surface area contributed by atoms with Crippen molar-refractivity contribution in [1.82, 2.24) is 10.2 Å². The zero-order chi connectivity index (χ0) is 17.9. The third-order valence-electron chi connectivity index (χ3n) is 4.34. The second kappa shape index (κ2) is 11.2. The van der Waals surface area contributed by atoms with E-state index >= 15 is 0 Å². The van der Waals surface area contributed by atoms with Crippen molar-refractivity contribution in [3.8, 4) is 5.75 Å². The van der Waals surface area contributed by atoms with Gasteiger partial charge >= 0.3 is 6.03 Å². The van der Waals surface area contributed by atoms with E-state index in [4.69, 9.17) is 21.1 Å². The van der Waals surface area contributed by atoms with Crippen LogP contribution in [0.15, 0.2) is 24.3 Å². The molecule has 1 aliphatic rings. The molecule has 0 heterocycles. The Labute approximate surface area is 155 Å². The van der Waals surface area contributed by atoms with Gasteiger partial charge in [0.05, 0.1) is 12.6 Å². The van der Waals surface area contributed by atoms with Crippen LogP contribution in [0.25, 0.3) is 0 Å². The normalized spacial score (nSPS) is 15.0. The Morgan fingerprint density at radius 1 is 1.28 bits per heavy atom. The van der Waals surface area contributed by atoms with Gasteiger partial charge in [0, 0.05) is 25.2 Å². The second-order valence-corrected chi connectivity index (χ2v) is 6.88. The number of ether oxygens (including phenoxy) is 2. The molecule has 1 N–H and O–H groups in total. The zero-order valence-corrected chi connectivity index (χ0v) is 15.8. The van der Waals surface area contributed by atoms with Crippen molar-refractivity contribution < 1.29 is 14.3 Å². The van der Waals surface area contributed by atoms with Crippen molar-refractivity contribution in [3.05, 3.63) is 29.3 Å². The summed E-state index contributed by atoms with van der Waals surface area (Å²) in [6, 6.07) is 7.15. The smallest absolute Gasteiger partial charge is 0.317 e. The molecule has 1 aliphatic carbocycles. The molecule has 6 heteroatoms. The lowest BCUT2D eigenvalue weighted by Gasteiger charge is -2.22. The van der Waals surface area contributed by atoms with E-state index in [2.05, 4.69) is 5.32 Å². The maximum Gasteiger partial charge on any atom is 0.317 e. The summed E-state index contributed by atoms with van der Waals surface area (Å²) in [7, 11) is 1.76. The maximum absolute atomic E-state index is 12.0. The minimum atomic E-state index is -0.0904. The highest BCUT2D eigenvalue weighted by Gasteiger charge is 2.13. The predicted molar refractivity (Wildman–Crippen MR) is 100 cm³/mol. The average Bonchev–Trinajstić information content (AvgIpc) is 2.62. The van der Waals surface area contributed by atoms with Crippen LogP contribution >= 0.6 is 11.6 Å². The van der Waals surface area contributed by atoms with Crippen molar-refractivity contribution in [1.29, 1.82) is 0 Å². The summed E-state index contributed by atoms with van der Waals surface area (Å²) in [6.45, 7) is 2.28. The topological polar surface area (TPSA) is 50.8 Å². The molecule has 1 aromatic rings. The van der Waals surface area contributed by atoms with Gasteiger partial charge in [-0.3, -0.25) is 0 Å². The van der Waals surface area contributed by atoms with E-state index in [9.17, 15) is 4.79 Å². The van der Waals surface area contributed by atoms with Crippen molar-refractivity contribution in [2.24, 2.45) is 0 Å². The Morgan fingerprint density at radius 2 is 2.08 bits per heavy atom. The fourth-order valence-electron chi connectivity index (χ4n) is 2.84. The van der Waals surface area contributed by atoms with Crippen molar-refractivity contribution in [2.75, 3.05) is 33.4 Å². The van der Waals surface area contributed by atoms with Crippen LogP contribution in [-0.4, -0.2) is 50.4 Å². The average molecular weight is 369 g/mol. The minimum Gasteiger partial charge on any atom is -0.492 e. The van der Waals surface area contributed by atoms with Gasteiger partial charge in [0.2, 0.25) is 0 Å². The molecular formula is C19H29ClN2O3. The first kappa shape index (κ1) is 19.9. The molecule has 0 radical (unpaired) electrons. The van der Waals surface area contributed by atoms with Gasteiger partial charge in [-0.25, -0.2) is 4.79 Å². The number of halogens is 1. The molecule has 0 aromatic heterocycles. The number of amides is 2. The Kier molecular flexibility index (Phi) is 8.91. The molecule has 0 bridgehead atoms. The molecule has 1 saturated carbocycles. The third kappa shape index (κ3) is 7.97. The summed E-state index contributed by atoms with van der Waals surface area (Å²) >= 11 is 5.90. The molecule has 2 rings (SSSR count). The summed E-state index contributed by atoms with van der Waals surface area (Å²) in [5, 5.41) is 3.55. The van der Waals surface area contributed by atoms with Crippen molar-refractivity contribution in [3.63, 3.8) is 0 Å². The number of nitrogens with zero attached hydrogens (tertiary/aromatic N) is 1. The van der Waals surface area contributed by atoms with Gasteiger partial charge in [-0.1, -0.05) is 36.9 Å². The first-order chi connectivity index (χ1) is 12.1. The summed E-state index contributed by atoms with van der Waals surface area (Å²) in [5.41, 5.74) is 0. The SMILES string of the molecule is CN(CCOc1cccc(Cl)c1)C(=O)NCCCOC1CCCCC1. The first-order valence-electron chi connectivity index (χ1n) is 9.14. The molecule has 0 unspecified atom stereocenters. The lowest BCUT2D eigenvalue weighted by Crippen LogP contribution is -2.40. The van der Waals surface area contributed by atoms with Crippen LogP contribution < -0.4 is 10.1 Å². The van der Waals surface area contributed by atoms with E-state index in [1.165, 1.54) is 32.1 Å². The highest BCUT2D eigenvalue weighted by molar-refractivity contribution is 6.30. The van der Waals surface area contributed by atoms with Gasteiger partial charge in [-0.15, -0.1) is 0 Å². The predicted octanol–water partition coefficient (Wildman–Crippen LogP) is 4.10. The summed E-state index contributed by atoms with van der Waals surface area (Å²) in [6.07, 6.45) is 7.53. The Bertz CT molecular complexity index is 521. The molecule has 140 valence electrons. The van der Waals surface area contributed by atoms with E-state index in [0.717, 1.165) is 6.42 Å². The van der Waals surface area contributed by atoms with Gasteiger partial charge in [-0.2, -0.15) is 0 Å². The van der Waals surface area contributed by atoms with Gasteiger partial charge in [0.1, 0.15) is 12.4 Å². The lowest BCUT2D eigenvalue weighted by atomic mass is 9.98. The van der Waals surface area contributed by atoms with E-state index < -0.39 is 0 Å². The summed E-state index contributed by atoms with van der Waals surface area (Å²) < 4.78 is 11.4. The van der Waals surface area contributed by atoms with Crippen LogP contribution in [0, 0.1) is 0 Å². The number of likely N-dealkylation sites (N-methyl/N-ethyl adjacent to an activating group) is 1. The van der Waals surface area contributed by atoms with Gasteiger partial charge in [0.15, 0.2) is 0 Å². The molecule has 25 heavy (non-hydrogen) atoms. The number of hydrogen-bond donors (Lipinski definition) is 1. The van der Waals surface area contributed by atoms with Crippen LogP contribution in [-0.2, 0) is 4.74 Å². The summed E-state index contributed by atoms with van der Waals surface area (Å²) in [5.74, 6) is 0.709. The van der Waals surface area contributed by atoms with Crippen molar-refractivity contribution >= 4 is 17.6 Å². The van der Waals surface area contributed by atoms with Gasteiger partial charge < -0.3 is 19.7 Å². The fraction of sp³-hybridized carbons (Fsp3) is 0.632. The quantitative estimate of drug-likeness (QED) is 0.667. The lowest BCUT2D eigenvalue weighted by molar-refractivity contribution is 0.0274. The number of urea groups is 1. The Hall–Kier alpha value is -1.46. The number of hydrogen-bond acceptors (Lipinski definition) is 3. The molecule has 0 saturated heterocycles. The van der Waals surface area contributed by atoms with E-state index in [-0.39, 0.29) is 6.03 Å². The number of carbonyl (C=O) groups excluding carboxylic acids is 1. The monoisotopic (exact) mass is 368 g/mol. The standard InChI is InChI=1S/C19H29ClN2O3/c1-22(12-14-25-18-10-5-7-16(20)15-18)19(23)21-11-6-13-24-17-8-3-2-4-9-17/h5,7,10,15,17H,2-4,6,8-9,11-14H2,1H3,(H,21,23). The molecule has 5 nitrogen and oxygen atoms in total. The molecule has 2 amide bonds. The van der Waals surface area contributed by atoms with E-state index in [0.29, 0.717) is 43.2 Å². The largest absolute Gasteiger partial charge is 0.492 e. The highest BCUT2D eigenvalue weighted by Crippen LogP contribution is 2.20. The molecule has 1 fully saturated rings. The van der Waals surface area contributed by atoms with Gasteiger partial charge in [0.25, 0.3) is 0 Å². The molecular weight excluding hydrogens is 340 g/mol. The molecule has 1 aromatic carbocycles. The van der Waals surface area contributed by atoms with Crippen LogP contribution in [0.1, 0.15) is 38.5 Å². The number of carbonyl (C=O) groups is 1. The Morgan fingerprint density at radius 3 is 2.84 bits per heavy atom. The highest BCUT2D eigenvalue weighted by atomic mass is 35.5. The van der Waals surface area contributed by atoms with E-state index in [1.54, 1.807) is 24.1 Å². The fourth-order valence-corrected chi connectivity index (χ4v) is 3.02. The van der Waals surface area contributed by atoms with Crippen LogP contribution in [0.2, 0.25) is 5.02 Å². The first-order valence-corrected chi connectivity index (χ1v) is 9.52.